The molecule has 0 amide bonds. The topological polar surface area (TPSA) is 88.3 Å². The van der Waals surface area contributed by atoms with Gasteiger partial charge in [0.1, 0.15) is 12.1 Å². The molecule has 2 aromatic heterocycles. The highest BCUT2D eigenvalue weighted by Gasteiger charge is 2.31. The fraction of sp³-hybridized carbons (Fsp3) is 0.455. The molecule has 1 fully saturated rings. The monoisotopic (exact) mass is 428 g/mol. The van der Waals surface area contributed by atoms with Crippen molar-refractivity contribution in [2.45, 2.75) is 44.0 Å². The van der Waals surface area contributed by atoms with E-state index in [1.165, 1.54) is 10.3 Å². The van der Waals surface area contributed by atoms with Crippen molar-refractivity contribution in [3.8, 4) is 0 Å². The smallest absolute Gasteiger partial charge is 0.269 e. The average Bonchev–Trinajstić information content (AvgIpc) is 3.18. The van der Waals surface area contributed by atoms with Crippen molar-refractivity contribution < 1.29 is 13.5 Å². The van der Waals surface area contributed by atoms with E-state index in [-0.39, 0.29) is 17.5 Å². The molecule has 2 unspecified atom stereocenters. The molecule has 3 aromatic rings. The number of rotatable bonds is 5. The molecule has 4 rings (SSSR count). The molecule has 1 aliphatic carbocycles. The SMILES string of the molecule is Cc1ccc(S(=O)(=O)n2ccc3c(N(C)C4CC[C@@H](CO)CC4C)ncnc32)cc1. The maximum Gasteiger partial charge on any atom is 0.269 e. The third kappa shape index (κ3) is 3.58. The third-order valence-electron chi connectivity index (χ3n) is 6.33. The predicted molar refractivity (Wildman–Crippen MR) is 117 cm³/mol. The van der Waals surface area contributed by atoms with E-state index in [2.05, 4.69) is 21.8 Å². The van der Waals surface area contributed by atoms with Crippen LogP contribution < -0.4 is 4.90 Å². The molecule has 0 spiro atoms. The van der Waals surface area contributed by atoms with E-state index in [0.717, 1.165) is 30.6 Å². The normalized spacial score (nSPS) is 22.3. The second-order valence-electron chi connectivity index (χ2n) is 8.38. The molecule has 0 radical (unpaired) electrons. The molecule has 1 aromatic carbocycles. The van der Waals surface area contributed by atoms with Gasteiger partial charge < -0.3 is 10.0 Å². The van der Waals surface area contributed by atoms with Gasteiger partial charge in [-0.2, -0.15) is 0 Å². The summed E-state index contributed by atoms with van der Waals surface area (Å²) in [4.78, 5) is 11.2. The summed E-state index contributed by atoms with van der Waals surface area (Å²) in [5.41, 5.74) is 1.38. The number of hydrogen-bond donors (Lipinski definition) is 1. The lowest BCUT2D eigenvalue weighted by Gasteiger charge is -2.39. The first-order valence-electron chi connectivity index (χ1n) is 10.3. The van der Waals surface area contributed by atoms with Gasteiger partial charge in [0.05, 0.1) is 10.3 Å². The van der Waals surface area contributed by atoms with E-state index in [1.807, 2.05) is 14.0 Å². The van der Waals surface area contributed by atoms with Crippen LogP contribution in [0.4, 0.5) is 5.82 Å². The highest BCUT2D eigenvalue weighted by Crippen LogP contribution is 2.35. The van der Waals surface area contributed by atoms with Crippen LogP contribution in [0.1, 0.15) is 31.7 Å². The first kappa shape index (κ1) is 20.8. The second kappa shape index (κ2) is 8.00. The zero-order chi connectivity index (χ0) is 21.5. The molecule has 8 heteroatoms. The van der Waals surface area contributed by atoms with Crippen LogP contribution in [0.3, 0.4) is 0 Å². The summed E-state index contributed by atoms with van der Waals surface area (Å²) in [5, 5.41) is 10.2. The van der Waals surface area contributed by atoms with Crippen LogP contribution in [0.5, 0.6) is 0 Å². The lowest BCUT2D eigenvalue weighted by molar-refractivity contribution is 0.153. The zero-order valence-electron chi connectivity index (χ0n) is 17.6. The molecule has 0 aliphatic heterocycles. The number of aryl methyl sites for hydroxylation is 1. The average molecular weight is 429 g/mol. The Morgan fingerprint density at radius 3 is 2.57 bits per heavy atom. The summed E-state index contributed by atoms with van der Waals surface area (Å²) in [6, 6.07) is 8.87. The van der Waals surface area contributed by atoms with Gasteiger partial charge in [0.15, 0.2) is 5.65 Å². The maximum atomic E-state index is 13.2. The predicted octanol–water partition coefficient (Wildman–Crippen LogP) is 3.21. The van der Waals surface area contributed by atoms with Gasteiger partial charge >= 0.3 is 0 Å². The zero-order valence-corrected chi connectivity index (χ0v) is 18.4. The summed E-state index contributed by atoms with van der Waals surface area (Å²) in [6.07, 6.45) is 5.91. The van der Waals surface area contributed by atoms with Gasteiger partial charge in [-0.1, -0.05) is 24.6 Å². The van der Waals surface area contributed by atoms with Crippen molar-refractivity contribution in [1.82, 2.24) is 13.9 Å². The minimum atomic E-state index is -3.75. The Hall–Kier alpha value is -2.45. The molecule has 1 saturated carbocycles. The van der Waals surface area contributed by atoms with Crippen molar-refractivity contribution >= 4 is 26.9 Å². The highest BCUT2D eigenvalue weighted by atomic mass is 32.2. The van der Waals surface area contributed by atoms with E-state index in [9.17, 15) is 13.5 Å². The quantitative estimate of drug-likeness (QED) is 0.671. The number of anilines is 1. The number of fused-ring (bicyclic) bond motifs is 1. The molecule has 2 heterocycles. The molecular formula is C22H28N4O3S. The molecule has 1 N–H and O–H groups in total. The maximum absolute atomic E-state index is 13.2. The first-order valence-corrected chi connectivity index (χ1v) is 11.7. The summed E-state index contributed by atoms with van der Waals surface area (Å²) in [6.45, 7) is 4.36. The van der Waals surface area contributed by atoms with Gasteiger partial charge in [-0.3, -0.25) is 0 Å². The first-order chi connectivity index (χ1) is 14.3. The van der Waals surface area contributed by atoms with E-state index in [1.54, 1.807) is 36.5 Å². The second-order valence-corrected chi connectivity index (χ2v) is 10.2. The number of benzene rings is 1. The van der Waals surface area contributed by atoms with Crippen molar-refractivity contribution in [2.75, 3.05) is 18.6 Å². The van der Waals surface area contributed by atoms with E-state index >= 15 is 0 Å². The van der Waals surface area contributed by atoms with Gasteiger partial charge in [-0.15, -0.1) is 0 Å². The summed E-state index contributed by atoms with van der Waals surface area (Å²) in [5.74, 6) is 1.50. The van der Waals surface area contributed by atoms with E-state index in [0.29, 0.717) is 22.9 Å². The number of aliphatic hydroxyl groups excluding tert-OH is 1. The Morgan fingerprint density at radius 1 is 1.17 bits per heavy atom. The van der Waals surface area contributed by atoms with Crippen LogP contribution in [0.15, 0.2) is 47.8 Å². The summed E-state index contributed by atoms with van der Waals surface area (Å²) in [7, 11) is -1.74. The van der Waals surface area contributed by atoms with Gasteiger partial charge in [0, 0.05) is 25.9 Å². The number of nitrogens with zero attached hydrogens (tertiary/aromatic N) is 4. The molecule has 3 atom stereocenters. The summed E-state index contributed by atoms with van der Waals surface area (Å²) >= 11 is 0. The van der Waals surface area contributed by atoms with Crippen LogP contribution in [0, 0.1) is 18.8 Å². The van der Waals surface area contributed by atoms with Crippen molar-refractivity contribution in [3.63, 3.8) is 0 Å². The minimum Gasteiger partial charge on any atom is -0.396 e. The minimum absolute atomic E-state index is 0.232. The Bertz CT molecular complexity index is 1140. The molecule has 160 valence electrons. The van der Waals surface area contributed by atoms with Crippen LogP contribution in [-0.4, -0.2) is 47.2 Å². The molecule has 0 saturated heterocycles. The van der Waals surface area contributed by atoms with Crippen LogP contribution in [0.25, 0.3) is 11.0 Å². The van der Waals surface area contributed by atoms with Gasteiger partial charge in [0.25, 0.3) is 10.0 Å². The molecule has 1 aliphatic rings. The van der Waals surface area contributed by atoms with Crippen LogP contribution in [-0.2, 0) is 10.0 Å². The molecule has 30 heavy (non-hydrogen) atoms. The third-order valence-corrected chi connectivity index (χ3v) is 8.01. The van der Waals surface area contributed by atoms with Crippen LogP contribution in [0.2, 0.25) is 0 Å². The van der Waals surface area contributed by atoms with Crippen LogP contribution >= 0.6 is 0 Å². The van der Waals surface area contributed by atoms with Crippen molar-refractivity contribution in [3.05, 3.63) is 48.4 Å². The standard InChI is InChI=1S/C22H28N4O3S/c1-15-4-7-18(8-5-15)30(28,29)26-11-10-19-21(23-14-24-22(19)26)25(3)20-9-6-17(13-27)12-16(20)2/h4-5,7-8,10-11,14,16-17,20,27H,6,9,12-13H2,1-3H3/t16?,17-,20?/m1/s1. The Morgan fingerprint density at radius 2 is 1.90 bits per heavy atom. The van der Waals surface area contributed by atoms with Gasteiger partial charge in [0.2, 0.25) is 0 Å². The van der Waals surface area contributed by atoms with Crippen molar-refractivity contribution in [2.24, 2.45) is 11.8 Å². The fourth-order valence-electron chi connectivity index (χ4n) is 4.60. The Labute approximate surface area is 177 Å². The number of aliphatic hydroxyl groups is 1. The van der Waals surface area contributed by atoms with E-state index in [4.69, 9.17) is 0 Å². The molecule has 7 nitrogen and oxygen atoms in total. The fourth-order valence-corrected chi connectivity index (χ4v) is 5.91. The summed E-state index contributed by atoms with van der Waals surface area (Å²) < 4.78 is 27.6. The Kier molecular flexibility index (Phi) is 5.55. The Balaban J connectivity index is 1.71. The lowest BCUT2D eigenvalue weighted by atomic mass is 9.78. The highest BCUT2D eigenvalue weighted by molar-refractivity contribution is 7.90. The number of aromatic nitrogens is 3. The van der Waals surface area contributed by atoms with Gasteiger partial charge in [-0.25, -0.2) is 22.4 Å². The number of hydrogen-bond acceptors (Lipinski definition) is 6. The largest absolute Gasteiger partial charge is 0.396 e. The molecule has 0 bridgehead atoms. The van der Waals surface area contributed by atoms with Gasteiger partial charge in [-0.05, 0) is 56.2 Å². The lowest BCUT2D eigenvalue weighted by Crippen LogP contribution is -2.42. The molecular weight excluding hydrogens is 400 g/mol. The van der Waals surface area contributed by atoms with E-state index < -0.39 is 10.0 Å². The van der Waals surface area contributed by atoms with Crippen molar-refractivity contribution in [1.29, 1.82) is 0 Å².